The summed E-state index contributed by atoms with van der Waals surface area (Å²) < 4.78 is 5.06. The van der Waals surface area contributed by atoms with Gasteiger partial charge in [-0.2, -0.15) is 0 Å². The van der Waals surface area contributed by atoms with Crippen molar-refractivity contribution < 1.29 is 14.8 Å². The van der Waals surface area contributed by atoms with E-state index in [1.165, 1.54) is 0 Å². The number of hydrogen-bond acceptors (Lipinski definition) is 4. The SMILES string of the molecule is COc1ccc(C[C@](C)(CCO)C[N+](=O)[O-])cc1. The molecule has 5 heteroatoms. The third-order valence-electron chi connectivity index (χ3n) is 3.02. The molecule has 0 aromatic heterocycles. The molecule has 0 saturated carbocycles. The van der Waals surface area contributed by atoms with Crippen molar-refractivity contribution in [3.8, 4) is 5.75 Å². The second-order valence-corrected chi connectivity index (χ2v) is 4.80. The lowest BCUT2D eigenvalue weighted by atomic mass is 9.81. The van der Waals surface area contributed by atoms with Crippen LogP contribution in [0.25, 0.3) is 0 Å². The Balaban J connectivity index is 2.78. The molecule has 0 bridgehead atoms. The molecule has 0 amide bonds. The van der Waals surface area contributed by atoms with E-state index in [1.807, 2.05) is 31.2 Å². The molecule has 0 radical (unpaired) electrons. The van der Waals surface area contributed by atoms with E-state index >= 15 is 0 Å². The summed E-state index contributed by atoms with van der Waals surface area (Å²) in [6.45, 7) is 1.65. The van der Waals surface area contributed by atoms with E-state index in [0.717, 1.165) is 11.3 Å². The first-order valence-electron chi connectivity index (χ1n) is 5.85. The van der Waals surface area contributed by atoms with E-state index in [0.29, 0.717) is 12.8 Å². The van der Waals surface area contributed by atoms with E-state index in [-0.39, 0.29) is 18.1 Å². The van der Waals surface area contributed by atoms with Gasteiger partial charge >= 0.3 is 0 Å². The predicted molar refractivity (Wildman–Crippen MR) is 68.4 cm³/mol. The highest BCUT2D eigenvalue weighted by molar-refractivity contribution is 5.27. The lowest BCUT2D eigenvalue weighted by Gasteiger charge is -2.24. The number of nitro groups is 1. The number of methoxy groups -OCH3 is 1. The van der Waals surface area contributed by atoms with Crippen molar-refractivity contribution in [2.75, 3.05) is 20.3 Å². The summed E-state index contributed by atoms with van der Waals surface area (Å²) in [7, 11) is 1.59. The molecule has 1 aromatic carbocycles. The number of rotatable bonds is 7. The third-order valence-corrected chi connectivity index (χ3v) is 3.02. The number of hydrogen-bond donors (Lipinski definition) is 1. The largest absolute Gasteiger partial charge is 0.497 e. The van der Waals surface area contributed by atoms with Crippen LogP contribution in [0.4, 0.5) is 0 Å². The zero-order valence-electron chi connectivity index (χ0n) is 10.8. The van der Waals surface area contributed by atoms with Gasteiger partial charge in [-0.1, -0.05) is 19.1 Å². The highest BCUT2D eigenvalue weighted by Crippen LogP contribution is 2.27. The van der Waals surface area contributed by atoms with Crippen molar-refractivity contribution in [1.82, 2.24) is 0 Å². The number of benzene rings is 1. The standard InChI is InChI=1S/C13H19NO4/c1-13(7-8-15,10-14(16)17)9-11-3-5-12(18-2)6-4-11/h3-6,15H,7-10H2,1-2H3/t13-/m0/s1. The third kappa shape index (κ3) is 4.33. The molecule has 0 aliphatic heterocycles. The fraction of sp³-hybridized carbons (Fsp3) is 0.538. The van der Waals surface area contributed by atoms with Gasteiger partial charge in [0.2, 0.25) is 6.54 Å². The van der Waals surface area contributed by atoms with Crippen molar-refractivity contribution in [3.05, 3.63) is 39.9 Å². The van der Waals surface area contributed by atoms with Crippen LogP contribution in [0, 0.1) is 15.5 Å². The van der Waals surface area contributed by atoms with Crippen molar-refractivity contribution in [3.63, 3.8) is 0 Å². The maximum absolute atomic E-state index is 10.7. The van der Waals surface area contributed by atoms with Gasteiger partial charge in [0, 0.05) is 16.9 Å². The minimum Gasteiger partial charge on any atom is -0.497 e. The van der Waals surface area contributed by atoms with E-state index in [1.54, 1.807) is 7.11 Å². The van der Waals surface area contributed by atoms with Crippen LogP contribution < -0.4 is 4.74 Å². The van der Waals surface area contributed by atoms with Gasteiger partial charge in [-0.3, -0.25) is 10.1 Å². The monoisotopic (exact) mass is 253 g/mol. The Morgan fingerprint density at radius 2 is 2.00 bits per heavy atom. The van der Waals surface area contributed by atoms with Crippen LogP contribution in [-0.2, 0) is 6.42 Å². The number of ether oxygens (including phenoxy) is 1. The van der Waals surface area contributed by atoms with Gasteiger partial charge in [0.25, 0.3) is 0 Å². The Morgan fingerprint density at radius 3 is 2.44 bits per heavy atom. The summed E-state index contributed by atoms with van der Waals surface area (Å²) in [5, 5.41) is 19.7. The van der Waals surface area contributed by atoms with Gasteiger partial charge in [0.1, 0.15) is 5.75 Å². The Bertz CT molecular complexity index is 390. The minimum atomic E-state index is -0.521. The second-order valence-electron chi connectivity index (χ2n) is 4.80. The summed E-state index contributed by atoms with van der Waals surface area (Å²) in [6, 6.07) is 7.46. The van der Waals surface area contributed by atoms with Crippen LogP contribution in [-0.4, -0.2) is 30.3 Å². The molecular formula is C13H19NO4. The molecule has 1 N–H and O–H groups in total. The van der Waals surface area contributed by atoms with Gasteiger partial charge in [-0.05, 0) is 30.5 Å². The second kappa shape index (κ2) is 6.35. The highest BCUT2D eigenvalue weighted by Gasteiger charge is 2.30. The van der Waals surface area contributed by atoms with Gasteiger partial charge in [0.15, 0.2) is 0 Å². The Hall–Kier alpha value is -1.62. The topological polar surface area (TPSA) is 72.6 Å². The molecule has 1 rings (SSSR count). The summed E-state index contributed by atoms with van der Waals surface area (Å²) in [5.41, 5.74) is 0.487. The number of aliphatic hydroxyl groups is 1. The Labute approximate surface area is 107 Å². The summed E-state index contributed by atoms with van der Waals surface area (Å²) in [5.74, 6) is 0.761. The van der Waals surface area contributed by atoms with Crippen LogP contribution in [0.5, 0.6) is 5.75 Å². The maximum atomic E-state index is 10.7. The quantitative estimate of drug-likeness (QED) is 0.595. The molecule has 0 heterocycles. The van der Waals surface area contributed by atoms with E-state index < -0.39 is 5.41 Å². The minimum absolute atomic E-state index is 0.0412. The van der Waals surface area contributed by atoms with Gasteiger partial charge in [-0.15, -0.1) is 0 Å². The maximum Gasteiger partial charge on any atom is 0.209 e. The fourth-order valence-corrected chi connectivity index (χ4v) is 2.04. The Morgan fingerprint density at radius 1 is 1.39 bits per heavy atom. The molecule has 18 heavy (non-hydrogen) atoms. The number of aliphatic hydroxyl groups excluding tert-OH is 1. The summed E-state index contributed by atoms with van der Waals surface area (Å²) in [6.07, 6.45) is 0.985. The lowest BCUT2D eigenvalue weighted by molar-refractivity contribution is -0.497. The lowest BCUT2D eigenvalue weighted by Crippen LogP contribution is -2.30. The molecule has 0 spiro atoms. The Kier molecular flexibility index (Phi) is 5.09. The van der Waals surface area contributed by atoms with Gasteiger partial charge in [0.05, 0.1) is 7.11 Å². The molecule has 0 fully saturated rings. The zero-order valence-corrected chi connectivity index (χ0v) is 10.8. The smallest absolute Gasteiger partial charge is 0.209 e. The van der Waals surface area contributed by atoms with Crippen LogP contribution >= 0.6 is 0 Å². The predicted octanol–water partition coefficient (Wildman–Crippen LogP) is 1.90. The van der Waals surface area contributed by atoms with E-state index in [4.69, 9.17) is 9.84 Å². The molecule has 0 aliphatic rings. The van der Waals surface area contributed by atoms with Crippen LogP contribution in [0.15, 0.2) is 24.3 Å². The molecule has 1 atom stereocenters. The molecule has 0 aliphatic carbocycles. The molecule has 5 nitrogen and oxygen atoms in total. The average molecular weight is 253 g/mol. The first-order valence-corrected chi connectivity index (χ1v) is 5.85. The highest BCUT2D eigenvalue weighted by atomic mass is 16.6. The summed E-state index contributed by atoms with van der Waals surface area (Å²) >= 11 is 0. The molecular weight excluding hydrogens is 234 g/mol. The van der Waals surface area contributed by atoms with Crippen molar-refractivity contribution in [1.29, 1.82) is 0 Å². The van der Waals surface area contributed by atoms with Crippen LogP contribution in [0.1, 0.15) is 18.9 Å². The van der Waals surface area contributed by atoms with Crippen molar-refractivity contribution in [2.45, 2.75) is 19.8 Å². The molecule has 100 valence electrons. The van der Waals surface area contributed by atoms with Crippen LogP contribution in [0.2, 0.25) is 0 Å². The van der Waals surface area contributed by atoms with Crippen molar-refractivity contribution in [2.24, 2.45) is 5.41 Å². The summed E-state index contributed by atoms with van der Waals surface area (Å²) in [4.78, 5) is 10.4. The van der Waals surface area contributed by atoms with Crippen LogP contribution in [0.3, 0.4) is 0 Å². The normalized spacial score (nSPS) is 13.9. The van der Waals surface area contributed by atoms with E-state index in [9.17, 15) is 10.1 Å². The molecule has 0 saturated heterocycles. The first kappa shape index (κ1) is 14.4. The van der Waals surface area contributed by atoms with Gasteiger partial charge < -0.3 is 9.84 Å². The average Bonchev–Trinajstić information content (AvgIpc) is 2.28. The molecule has 0 unspecified atom stereocenters. The zero-order chi connectivity index (χ0) is 13.6. The fourth-order valence-electron chi connectivity index (χ4n) is 2.04. The molecule has 1 aromatic rings. The first-order chi connectivity index (χ1) is 8.49. The number of nitrogens with zero attached hydrogens (tertiary/aromatic N) is 1. The van der Waals surface area contributed by atoms with E-state index in [2.05, 4.69) is 0 Å². The van der Waals surface area contributed by atoms with Gasteiger partial charge in [-0.25, -0.2) is 0 Å². The van der Waals surface area contributed by atoms with Crippen molar-refractivity contribution >= 4 is 0 Å².